The first kappa shape index (κ1) is 20.1. The van der Waals surface area contributed by atoms with Gasteiger partial charge in [-0.15, -0.1) is 0 Å². The third-order valence-electron chi connectivity index (χ3n) is 5.26. The van der Waals surface area contributed by atoms with Crippen LogP contribution in [0.25, 0.3) is 6.08 Å². The van der Waals surface area contributed by atoms with Gasteiger partial charge in [0, 0.05) is 5.75 Å². The number of benzene rings is 1. The van der Waals surface area contributed by atoms with Crippen LogP contribution in [-0.2, 0) is 19.5 Å². The third-order valence-corrected chi connectivity index (χ3v) is 5.62. The summed E-state index contributed by atoms with van der Waals surface area (Å²) in [5, 5.41) is 9.33. The van der Waals surface area contributed by atoms with Crippen molar-refractivity contribution < 1.29 is 19.2 Å². The molecule has 1 saturated heterocycles. The fourth-order valence-electron chi connectivity index (χ4n) is 2.52. The van der Waals surface area contributed by atoms with Crippen LogP contribution in [0.1, 0.15) is 52.7 Å². The Morgan fingerprint density at radius 1 is 1.16 bits per heavy atom. The van der Waals surface area contributed by atoms with Gasteiger partial charge in [0.2, 0.25) is 0 Å². The highest BCUT2D eigenvalue weighted by Gasteiger charge is 2.52. The van der Waals surface area contributed by atoms with Crippen LogP contribution in [0, 0.1) is 0 Å². The molecular weight excluding hydrogens is 335 g/mol. The van der Waals surface area contributed by atoms with Gasteiger partial charge in [0.1, 0.15) is 0 Å². The van der Waals surface area contributed by atoms with Crippen LogP contribution in [0.3, 0.4) is 0 Å². The molecule has 0 unspecified atom stereocenters. The van der Waals surface area contributed by atoms with E-state index in [4.69, 9.17) is 9.31 Å². The van der Waals surface area contributed by atoms with Crippen LogP contribution in [0.5, 0.6) is 0 Å². The quantitative estimate of drug-likeness (QED) is 0.614. The molecule has 0 amide bonds. The van der Waals surface area contributed by atoms with Gasteiger partial charge in [-0.1, -0.05) is 30.3 Å². The van der Waals surface area contributed by atoms with E-state index >= 15 is 0 Å². The Hall–Kier alpha value is -1.24. The predicted octanol–water partition coefficient (Wildman–Crippen LogP) is 3.99. The molecule has 1 aliphatic heterocycles. The summed E-state index contributed by atoms with van der Waals surface area (Å²) >= 11 is 4.42. The van der Waals surface area contributed by atoms with Crippen molar-refractivity contribution in [1.82, 2.24) is 0 Å². The lowest BCUT2D eigenvalue weighted by atomic mass is 9.78. The van der Waals surface area contributed by atoms with Gasteiger partial charge in [-0.2, -0.15) is 12.6 Å². The van der Waals surface area contributed by atoms with E-state index in [1.165, 1.54) is 0 Å². The van der Waals surface area contributed by atoms with Crippen LogP contribution >= 0.6 is 12.6 Å². The molecule has 0 aliphatic carbocycles. The maximum Gasteiger partial charge on any atom is 0.491 e. The second-order valence-electron chi connectivity index (χ2n) is 8.02. The lowest BCUT2D eigenvalue weighted by molar-refractivity contribution is -0.142. The number of rotatable bonds is 5. The molecule has 4 nitrogen and oxygen atoms in total. The first-order chi connectivity index (χ1) is 11.4. The Kier molecular flexibility index (Phi) is 5.48. The van der Waals surface area contributed by atoms with E-state index in [9.17, 15) is 9.90 Å². The first-order valence-corrected chi connectivity index (χ1v) is 9.05. The zero-order valence-corrected chi connectivity index (χ0v) is 16.7. The maximum absolute atomic E-state index is 11.4. The summed E-state index contributed by atoms with van der Waals surface area (Å²) in [5.74, 6) is -0.330. The molecule has 6 heteroatoms. The third kappa shape index (κ3) is 3.96. The fourth-order valence-corrected chi connectivity index (χ4v) is 2.76. The van der Waals surface area contributed by atoms with Crippen molar-refractivity contribution in [3.63, 3.8) is 0 Å². The molecule has 0 aromatic heterocycles. The average Bonchev–Trinajstić information content (AvgIpc) is 2.73. The molecule has 136 valence electrons. The number of thiol groups is 1. The highest BCUT2D eigenvalue weighted by atomic mass is 32.1. The van der Waals surface area contributed by atoms with Crippen molar-refractivity contribution in [3.8, 4) is 0 Å². The molecule has 1 aliphatic rings. The van der Waals surface area contributed by atoms with E-state index in [0.29, 0.717) is 5.75 Å². The van der Waals surface area contributed by atoms with Crippen molar-refractivity contribution in [2.45, 2.75) is 58.2 Å². The Morgan fingerprint density at radius 2 is 1.64 bits per heavy atom. The van der Waals surface area contributed by atoms with Gasteiger partial charge in [0.25, 0.3) is 0 Å². The second kappa shape index (κ2) is 6.82. The number of carboxylic acid groups (broad SMARTS) is 1. The molecular formula is C19H27BO4S. The Bertz CT molecular complexity index is 661. The molecule has 1 heterocycles. The average molecular weight is 362 g/mol. The Morgan fingerprint density at radius 3 is 2.04 bits per heavy atom. The van der Waals surface area contributed by atoms with Crippen LogP contribution < -0.4 is 0 Å². The molecule has 0 spiro atoms. The highest BCUT2D eigenvalue weighted by molar-refractivity contribution is 7.80. The largest absolute Gasteiger partial charge is 0.491 e. The number of hydrogen-bond donors (Lipinski definition) is 2. The van der Waals surface area contributed by atoms with Gasteiger partial charge in [0.05, 0.1) is 16.6 Å². The number of carboxylic acids is 1. The summed E-state index contributed by atoms with van der Waals surface area (Å²) in [6, 6.07) is 7.52. The SMILES string of the molecule is CC(C)(C(=O)O)c1ccc(C=C(CS)B2OC(C)(C)C(C)(C)O2)cc1. The smallest absolute Gasteiger partial charge is 0.481 e. The highest BCUT2D eigenvalue weighted by Crippen LogP contribution is 2.39. The van der Waals surface area contributed by atoms with Gasteiger partial charge in [0.15, 0.2) is 0 Å². The van der Waals surface area contributed by atoms with Crippen molar-refractivity contribution in [3.05, 3.63) is 40.9 Å². The number of aliphatic carboxylic acids is 1. The van der Waals surface area contributed by atoms with E-state index in [1.54, 1.807) is 13.8 Å². The summed E-state index contributed by atoms with van der Waals surface area (Å²) in [5.41, 5.74) is 0.959. The molecule has 1 N–H and O–H groups in total. The van der Waals surface area contributed by atoms with Gasteiger partial charge >= 0.3 is 13.1 Å². The van der Waals surface area contributed by atoms with Crippen LogP contribution in [0.4, 0.5) is 0 Å². The van der Waals surface area contributed by atoms with Crippen molar-refractivity contribution in [1.29, 1.82) is 0 Å². The van der Waals surface area contributed by atoms with Crippen LogP contribution in [0.15, 0.2) is 29.7 Å². The lowest BCUT2D eigenvalue weighted by Crippen LogP contribution is -2.41. The monoisotopic (exact) mass is 362 g/mol. The molecule has 1 fully saturated rings. The molecule has 0 bridgehead atoms. The van der Waals surface area contributed by atoms with Crippen LogP contribution in [0.2, 0.25) is 0 Å². The molecule has 0 saturated carbocycles. The van der Waals surface area contributed by atoms with Crippen molar-refractivity contribution >= 4 is 31.8 Å². The minimum atomic E-state index is -0.916. The summed E-state index contributed by atoms with van der Waals surface area (Å²) in [6.07, 6.45) is 1.99. The topological polar surface area (TPSA) is 55.8 Å². The van der Waals surface area contributed by atoms with E-state index < -0.39 is 29.7 Å². The minimum absolute atomic E-state index is 0.394. The van der Waals surface area contributed by atoms with E-state index in [-0.39, 0.29) is 0 Å². The normalized spacial score (nSPS) is 20.0. The minimum Gasteiger partial charge on any atom is -0.481 e. The molecule has 0 atom stereocenters. The standard InChI is InChI=1S/C19H27BO4S/c1-17(2,16(21)22)14-9-7-13(8-10-14)11-15(12-25)20-23-18(3,4)19(5,6)24-20/h7-11,25H,12H2,1-6H3,(H,21,22). The van der Waals surface area contributed by atoms with Crippen molar-refractivity contribution in [2.75, 3.05) is 5.75 Å². The second-order valence-corrected chi connectivity index (χ2v) is 8.33. The van der Waals surface area contributed by atoms with Gasteiger partial charge < -0.3 is 14.4 Å². The predicted molar refractivity (Wildman–Crippen MR) is 105 cm³/mol. The Labute approximate surface area is 156 Å². The van der Waals surface area contributed by atoms with Crippen LogP contribution in [-0.4, -0.2) is 35.1 Å². The Balaban J connectivity index is 2.25. The van der Waals surface area contributed by atoms with E-state index in [1.807, 2.05) is 58.0 Å². The van der Waals surface area contributed by atoms with Gasteiger partial charge in [-0.05, 0) is 58.1 Å². The van der Waals surface area contributed by atoms with Crippen molar-refractivity contribution in [2.24, 2.45) is 0 Å². The summed E-state index contributed by atoms with van der Waals surface area (Å²) in [7, 11) is -0.433. The molecule has 2 rings (SSSR count). The molecule has 1 aromatic rings. The van der Waals surface area contributed by atoms with Gasteiger partial charge in [-0.25, -0.2) is 0 Å². The summed E-state index contributed by atoms with van der Waals surface area (Å²) in [4.78, 5) is 11.4. The zero-order valence-electron chi connectivity index (χ0n) is 15.8. The number of hydrogen-bond acceptors (Lipinski definition) is 4. The molecule has 1 aromatic carbocycles. The molecule has 25 heavy (non-hydrogen) atoms. The van der Waals surface area contributed by atoms with Gasteiger partial charge in [-0.3, -0.25) is 4.79 Å². The maximum atomic E-state index is 11.4. The van der Waals surface area contributed by atoms with E-state index in [2.05, 4.69) is 12.6 Å². The fraction of sp³-hybridized carbons (Fsp3) is 0.526. The summed E-state index contributed by atoms with van der Waals surface area (Å²) in [6.45, 7) is 11.5. The summed E-state index contributed by atoms with van der Waals surface area (Å²) < 4.78 is 12.2. The number of carbonyl (C=O) groups is 1. The lowest BCUT2D eigenvalue weighted by Gasteiger charge is -2.32. The first-order valence-electron chi connectivity index (χ1n) is 8.41. The zero-order chi connectivity index (χ0) is 19.0. The van der Waals surface area contributed by atoms with E-state index in [0.717, 1.165) is 16.6 Å². The molecule has 0 radical (unpaired) electrons.